The minimum Gasteiger partial charge on any atom is -0.447 e. The molecule has 1 fully saturated rings. The quantitative estimate of drug-likeness (QED) is 0.611. The number of hydrogen-bond donors (Lipinski definition) is 0. The van der Waals surface area contributed by atoms with Crippen LogP contribution in [0.25, 0.3) is 0 Å². The minimum atomic E-state index is -0.690. The Morgan fingerprint density at radius 3 is 2.00 bits per heavy atom. The summed E-state index contributed by atoms with van der Waals surface area (Å²) < 4.78 is 11.5. The van der Waals surface area contributed by atoms with Crippen molar-refractivity contribution in [2.75, 3.05) is 13.2 Å². The zero-order chi connectivity index (χ0) is 21.8. The largest absolute Gasteiger partial charge is 0.447 e. The van der Waals surface area contributed by atoms with Gasteiger partial charge >= 0.3 is 6.09 Å². The summed E-state index contributed by atoms with van der Waals surface area (Å²) in [4.78, 5) is 19.6. The number of nitrogens with zero attached hydrogens (tertiary/aromatic N) is 2. The maximum Gasteiger partial charge on any atom is 0.412 e. The fourth-order valence-electron chi connectivity index (χ4n) is 3.85. The summed E-state index contributed by atoms with van der Waals surface area (Å²) in [7, 11) is 0. The Balaban J connectivity index is 1.80. The first-order valence-electron chi connectivity index (χ1n) is 10.5. The molecule has 0 spiro atoms. The molecule has 0 aromatic heterocycles. The van der Waals surface area contributed by atoms with Gasteiger partial charge in [-0.2, -0.15) is 0 Å². The van der Waals surface area contributed by atoms with Gasteiger partial charge < -0.3 is 9.47 Å². The predicted octanol–water partition coefficient (Wildman–Crippen LogP) is 5.29. The van der Waals surface area contributed by atoms with E-state index in [1.807, 2.05) is 64.1 Å². The zero-order valence-electron chi connectivity index (χ0n) is 18.6. The normalized spacial score (nSPS) is 18.0. The van der Waals surface area contributed by atoms with E-state index in [2.05, 4.69) is 31.2 Å². The topological polar surface area (TPSA) is 51.1 Å². The van der Waals surface area contributed by atoms with Crippen LogP contribution in [0.4, 0.5) is 4.79 Å². The molecule has 1 saturated heterocycles. The van der Waals surface area contributed by atoms with Gasteiger partial charge in [-0.3, -0.25) is 9.89 Å². The van der Waals surface area contributed by atoms with Crippen LogP contribution in [0.5, 0.6) is 0 Å². The maximum absolute atomic E-state index is 12.9. The van der Waals surface area contributed by atoms with Gasteiger partial charge in [0.15, 0.2) is 0 Å². The third-order valence-corrected chi connectivity index (χ3v) is 5.38. The van der Waals surface area contributed by atoms with Crippen molar-refractivity contribution >= 4 is 11.8 Å². The van der Waals surface area contributed by atoms with Crippen molar-refractivity contribution in [1.29, 1.82) is 0 Å². The average Bonchev–Trinajstić information content (AvgIpc) is 2.96. The number of amides is 1. The Morgan fingerprint density at radius 2 is 1.57 bits per heavy atom. The Hall–Kier alpha value is -2.66. The molecule has 1 aliphatic rings. The molecule has 0 saturated carbocycles. The van der Waals surface area contributed by atoms with Crippen molar-refractivity contribution in [2.24, 2.45) is 4.99 Å². The Labute approximate surface area is 179 Å². The molecule has 0 aliphatic carbocycles. The van der Waals surface area contributed by atoms with Crippen LogP contribution in [-0.4, -0.2) is 47.2 Å². The molecule has 5 heteroatoms. The molecule has 0 N–H and O–H groups in total. The van der Waals surface area contributed by atoms with Gasteiger partial charge in [-0.1, -0.05) is 67.6 Å². The van der Waals surface area contributed by atoms with Gasteiger partial charge in [-0.15, -0.1) is 0 Å². The van der Waals surface area contributed by atoms with Gasteiger partial charge in [0.05, 0.1) is 23.9 Å². The van der Waals surface area contributed by atoms with E-state index < -0.39 is 11.3 Å². The summed E-state index contributed by atoms with van der Waals surface area (Å²) in [6, 6.07) is 20.1. The monoisotopic (exact) mass is 408 g/mol. The van der Waals surface area contributed by atoms with Gasteiger partial charge in [0, 0.05) is 11.1 Å². The number of aliphatic imine (C=N–C) groups is 1. The summed E-state index contributed by atoms with van der Waals surface area (Å²) in [6.45, 7) is 10.5. The molecule has 0 unspecified atom stereocenters. The van der Waals surface area contributed by atoms with E-state index in [9.17, 15) is 4.79 Å². The van der Waals surface area contributed by atoms with Crippen LogP contribution < -0.4 is 0 Å². The van der Waals surface area contributed by atoms with Crippen LogP contribution in [0.1, 0.15) is 52.2 Å². The van der Waals surface area contributed by atoms with Crippen molar-refractivity contribution in [3.8, 4) is 0 Å². The summed E-state index contributed by atoms with van der Waals surface area (Å²) in [5, 5.41) is 0. The molecule has 2 aromatic rings. The lowest BCUT2D eigenvalue weighted by Crippen LogP contribution is -2.53. The van der Waals surface area contributed by atoms with E-state index in [0.717, 1.165) is 23.3 Å². The lowest BCUT2D eigenvalue weighted by Gasteiger charge is -2.36. The second-order valence-corrected chi connectivity index (χ2v) is 8.73. The number of benzene rings is 2. The van der Waals surface area contributed by atoms with Gasteiger partial charge in [-0.25, -0.2) is 4.79 Å². The lowest BCUT2D eigenvalue weighted by atomic mass is 10.0. The van der Waals surface area contributed by atoms with E-state index in [1.165, 1.54) is 0 Å². The Morgan fingerprint density at radius 1 is 1.03 bits per heavy atom. The molecular weight excluding hydrogens is 376 g/mol. The Kier molecular flexibility index (Phi) is 6.61. The molecule has 1 amide bonds. The highest BCUT2D eigenvalue weighted by Crippen LogP contribution is 2.35. The lowest BCUT2D eigenvalue weighted by molar-refractivity contribution is -0.0523. The van der Waals surface area contributed by atoms with Gasteiger partial charge in [0.1, 0.15) is 12.3 Å². The molecule has 30 heavy (non-hydrogen) atoms. The van der Waals surface area contributed by atoms with E-state index in [0.29, 0.717) is 6.61 Å². The molecule has 2 aromatic carbocycles. The SMILES string of the molecule is CC[C@H](COC(=O)N1C(C)(C)COC1(C)C)N=C(c1ccccc1)c1ccccc1. The molecule has 3 rings (SSSR count). The van der Waals surface area contributed by atoms with E-state index in [1.54, 1.807) is 4.90 Å². The van der Waals surface area contributed by atoms with Crippen molar-refractivity contribution in [1.82, 2.24) is 4.90 Å². The van der Waals surface area contributed by atoms with Crippen LogP contribution in [0.3, 0.4) is 0 Å². The van der Waals surface area contributed by atoms with Crippen LogP contribution in [0.2, 0.25) is 0 Å². The first kappa shape index (κ1) is 22.0. The van der Waals surface area contributed by atoms with Crippen LogP contribution >= 0.6 is 0 Å². The molecule has 160 valence electrons. The second-order valence-electron chi connectivity index (χ2n) is 8.73. The van der Waals surface area contributed by atoms with Crippen LogP contribution in [0, 0.1) is 0 Å². The number of carbonyl (C=O) groups excluding carboxylic acids is 1. The fraction of sp³-hybridized carbons (Fsp3) is 0.440. The van der Waals surface area contributed by atoms with E-state index >= 15 is 0 Å². The molecule has 1 aliphatic heterocycles. The van der Waals surface area contributed by atoms with Crippen LogP contribution in [0.15, 0.2) is 65.7 Å². The molecule has 5 nitrogen and oxygen atoms in total. The standard InChI is InChI=1S/C25H32N2O3/c1-6-21(17-29-23(28)27-24(2,3)18-30-25(27,4)5)26-22(19-13-9-7-10-14-19)20-15-11-8-12-16-20/h7-16,21H,6,17-18H2,1-5H3/t21-/m1/s1. The number of carbonyl (C=O) groups is 1. The van der Waals surface area contributed by atoms with Crippen molar-refractivity contribution in [3.63, 3.8) is 0 Å². The summed E-state index contributed by atoms with van der Waals surface area (Å²) in [5.41, 5.74) is 1.90. The first-order valence-corrected chi connectivity index (χ1v) is 10.5. The third kappa shape index (κ3) is 4.90. The van der Waals surface area contributed by atoms with Crippen molar-refractivity contribution < 1.29 is 14.3 Å². The average molecular weight is 409 g/mol. The number of rotatable bonds is 6. The van der Waals surface area contributed by atoms with Gasteiger partial charge in [0.25, 0.3) is 0 Å². The Bertz CT molecular complexity index is 818. The highest BCUT2D eigenvalue weighted by molar-refractivity contribution is 6.12. The molecule has 0 radical (unpaired) electrons. The van der Waals surface area contributed by atoms with Crippen LogP contribution in [-0.2, 0) is 9.47 Å². The van der Waals surface area contributed by atoms with E-state index in [-0.39, 0.29) is 18.7 Å². The van der Waals surface area contributed by atoms with Crippen molar-refractivity contribution in [3.05, 3.63) is 71.8 Å². The highest BCUT2D eigenvalue weighted by atomic mass is 16.6. The van der Waals surface area contributed by atoms with Gasteiger partial charge in [0.2, 0.25) is 0 Å². The molecule has 0 bridgehead atoms. The molecule has 1 heterocycles. The third-order valence-electron chi connectivity index (χ3n) is 5.38. The minimum absolute atomic E-state index is 0.140. The first-order chi connectivity index (χ1) is 14.2. The number of hydrogen-bond acceptors (Lipinski definition) is 4. The maximum atomic E-state index is 12.9. The summed E-state index contributed by atoms with van der Waals surface area (Å²) in [6.07, 6.45) is 0.400. The fourth-order valence-corrected chi connectivity index (χ4v) is 3.85. The zero-order valence-corrected chi connectivity index (χ0v) is 18.6. The molecular formula is C25H32N2O3. The summed E-state index contributed by atoms with van der Waals surface area (Å²) >= 11 is 0. The summed E-state index contributed by atoms with van der Waals surface area (Å²) in [5.74, 6) is 0. The van der Waals surface area contributed by atoms with E-state index in [4.69, 9.17) is 14.5 Å². The number of ether oxygens (including phenoxy) is 2. The molecule has 1 atom stereocenters. The van der Waals surface area contributed by atoms with Gasteiger partial charge in [-0.05, 0) is 34.1 Å². The highest BCUT2D eigenvalue weighted by Gasteiger charge is 2.49. The predicted molar refractivity (Wildman–Crippen MR) is 120 cm³/mol. The second kappa shape index (κ2) is 9.00. The smallest absolute Gasteiger partial charge is 0.412 e. The van der Waals surface area contributed by atoms with Crippen molar-refractivity contribution in [2.45, 2.75) is 58.3 Å².